The second-order valence-corrected chi connectivity index (χ2v) is 6.18. The molecule has 0 aromatic heterocycles. The number of carboxylic acids is 1. The molecule has 0 spiro atoms. The van der Waals surface area contributed by atoms with Gasteiger partial charge in [0.15, 0.2) is 0 Å². The third kappa shape index (κ3) is 5.15. The third-order valence-corrected chi connectivity index (χ3v) is 4.49. The maximum atomic E-state index is 12.1. The van der Waals surface area contributed by atoms with Crippen molar-refractivity contribution in [1.29, 1.82) is 0 Å². The number of methoxy groups -OCH3 is 2. The Bertz CT molecular complexity index is 557. The van der Waals surface area contributed by atoms with E-state index in [9.17, 15) is 9.59 Å². The van der Waals surface area contributed by atoms with Crippen molar-refractivity contribution in [3.05, 3.63) is 23.8 Å². The monoisotopic (exact) mass is 335 g/mol. The molecule has 6 heteroatoms. The minimum Gasteiger partial charge on any atom is -0.497 e. The number of amides is 1. The topological polar surface area (TPSA) is 84.9 Å². The number of hydrogen-bond acceptors (Lipinski definition) is 4. The Morgan fingerprint density at radius 1 is 1.08 bits per heavy atom. The fourth-order valence-corrected chi connectivity index (χ4v) is 3.05. The number of carbonyl (C=O) groups is 2. The molecule has 1 aromatic rings. The van der Waals surface area contributed by atoms with Gasteiger partial charge in [0.2, 0.25) is 5.91 Å². The Morgan fingerprint density at radius 3 is 2.17 bits per heavy atom. The molecule has 1 fully saturated rings. The molecular formula is C18H25NO5. The highest BCUT2D eigenvalue weighted by molar-refractivity contribution is 5.76. The molecule has 0 heterocycles. The lowest BCUT2D eigenvalue weighted by Crippen LogP contribution is -2.38. The van der Waals surface area contributed by atoms with Crippen LogP contribution in [-0.2, 0) is 16.0 Å². The molecule has 0 unspecified atom stereocenters. The van der Waals surface area contributed by atoms with Crippen molar-refractivity contribution in [3.8, 4) is 11.5 Å². The zero-order chi connectivity index (χ0) is 17.5. The molecule has 0 bridgehead atoms. The summed E-state index contributed by atoms with van der Waals surface area (Å²) in [5.74, 6) is 0.415. The average Bonchev–Trinajstić information content (AvgIpc) is 2.60. The molecule has 0 saturated heterocycles. The minimum atomic E-state index is -0.730. The predicted octanol–water partition coefficient (Wildman–Crippen LogP) is 2.40. The van der Waals surface area contributed by atoms with Crippen molar-refractivity contribution in [1.82, 2.24) is 5.32 Å². The average molecular weight is 335 g/mol. The van der Waals surface area contributed by atoms with E-state index in [-0.39, 0.29) is 17.9 Å². The summed E-state index contributed by atoms with van der Waals surface area (Å²) < 4.78 is 10.5. The van der Waals surface area contributed by atoms with Gasteiger partial charge in [-0.1, -0.05) is 0 Å². The predicted molar refractivity (Wildman–Crippen MR) is 89.4 cm³/mol. The lowest BCUT2D eigenvalue weighted by molar-refractivity contribution is -0.142. The van der Waals surface area contributed by atoms with Crippen LogP contribution in [0.2, 0.25) is 0 Å². The third-order valence-electron chi connectivity index (χ3n) is 4.49. The number of aliphatic carboxylic acids is 1. The van der Waals surface area contributed by atoms with Gasteiger partial charge >= 0.3 is 5.97 Å². The van der Waals surface area contributed by atoms with E-state index in [1.54, 1.807) is 20.3 Å². The highest BCUT2D eigenvalue weighted by Gasteiger charge is 2.26. The standard InChI is InChI=1S/C18H25NO5/c1-23-15-9-12(10-16(11-15)24-2)3-8-17(20)19-14-6-4-13(5-7-14)18(21)22/h9-11,13-14H,3-8H2,1-2H3,(H,19,20)(H,21,22). The van der Waals surface area contributed by atoms with Crippen LogP contribution < -0.4 is 14.8 Å². The van der Waals surface area contributed by atoms with Crippen LogP contribution in [0.4, 0.5) is 0 Å². The lowest BCUT2D eigenvalue weighted by atomic mass is 9.86. The molecule has 24 heavy (non-hydrogen) atoms. The first-order chi connectivity index (χ1) is 11.5. The van der Waals surface area contributed by atoms with E-state index in [4.69, 9.17) is 14.6 Å². The van der Waals surface area contributed by atoms with E-state index >= 15 is 0 Å². The highest BCUT2D eigenvalue weighted by Crippen LogP contribution is 2.25. The zero-order valence-corrected chi connectivity index (χ0v) is 14.2. The molecule has 1 aromatic carbocycles. The van der Waals surface area contributed by atoms with Gasteiger partial charge < -0.3 is 19.9 Å². The summed E-state index contributed by atoms with van der Waals surface area (Å²) in [7, 11) is 3.19. The van der Waals surface area contributed by atoms with Gasteiger partial charge in [-0.3, -0.25) is 9.59 Å². The SMILES string of the molecule is COc1cc(CCC(=O)NC2CCC(C(=O)O)CC2)cc(OC)c1. The Balaban J connectivity index is 1.80. The second-order valence-electron chi connectivity index (χ2n) is 6.18. The Labute approximate surface area is 142 Å². The smallest absolute Gasteiger partial charge is 0.306 e. The number of rotatable bonds is 7. The fraction of sp³-hybridized carbons (Fsp3) is 0.556. The van der Waals surface area contributed by atoms with E-state index < -0.39 is 5.97 Å². The highest BCUT2D eigenvalue weighted by atomic mass is 16.5. The Morgan fingerprint density at radius 2 is 1.67 bits per heavy atom. The van der Waals surface area contributed by atoms with Gasteiger partial charge in [0.1, 0.15) is 11.5 Å². The van der Waals surface area contributed by atoms with Crippen LogP contribution >= 0.6 is 0 Å². The summed E-state index contributed by atoms with van der Waals surface area (Å²) in [4.78, 5) is 23.1. The number of carbonyl (C=O) groups excluding carboxylic acids is 1. The molecule has 0 aliphatic heterocycles. The van der Waals surface area contributed by atoms with Crippen LogP contribution in [0.5, 0.6) is 11.5 Å². The first kappa shape index (κ1) is 18.1. The van der Waals surface area contributed by atoms with Gasteiger partial charge in [0.05, 0.1) is 20.1 Å². The largest absolute Gasteiger partial charge is 0.497 e. The van der Waals surface area contributed by atoms with Crippen LogP contribution in [0.25, 0.3) is 0 Å². The van der Waals surface area contributed by atoms with Crippen molar-refractivity contribution in [2.45, 2.75) is 44.6 Å². The van der Waals surface area contributed by atoms with Gasteiger partial charge in [0, 0.05) is 18.5 Å². The molecule has 0 atom stereocenters. The van der Waals surface area contributed by atoms with Crippen LogP contribution in [0.15, 0.2) is 18.2 Å². The summed E-state index contributed by atoms with van der Waals surface area (Å²) in [5, 5.41) is 12.0. The summed E-state index contributed by atoms with van der Waals surface area (Å²) in [6.07, 6.45) is 3.71. The molecule has 1 amide bonds. The van der Waals surface area contributed by atoms with Crippen molar-refractivity contribution in [2.75, 3.05) is 14.2 Å². The number of aryl methyl sites for hydroxylation is 1. The second kappa shape index (κ2) is 8.57. The van der Waals surface area contributed by atoms with Crippen molar-refractivity contribution < 1.29 is 24.2 Å². The number of benzene rings is 1. The van der Waals surface area contributed by atoms with E-state index in [2.05, 4.69) is 5.32 Å². The van der Waals surface area contributed by atoms with Gasteiger partial charge in [-0.15, -0.1) is 0 Å². The fourth-order valence-electron chi connectivity index (χ4n) is 3.05. The van der Waals surface area contributed by atoms with E-state index in [1.807, 2.05) is 12.1 Å². The van der Waals surface area contributed by atoms with Crippen LogP contribution in [0.1, 0.15) is 37.7 Å². The normalized spacial score (nSPS) is 20.2. The Hall–Kier alpha value is -2.24. The van der Waals surface area contributed by atoms with Gasteiger partial charge in [-0.2, -0.15) is 0 Å². The molecule has 2 N–H and O–H groups in total. The van der Waals surface area contributed by atoms with Crippen LogP contribution in [0, 0.1) is 5.92 Å². The number of nitrogens with one attached hydrogen (secondary N) is 1. The van der Waals surface area contributed by atoms with Crippen LogP contribution in [-0.4, -0.2) is 37.2 Å². The van der Waals surface area contributed by atoms with Gasteiger partial charge in [-0.25, -0.2) is 0 Å². The molecule has 1 saturated carbocycles. The molecule has 2 rings (SSSR count). The number of ether oxygens (including phenoxy) is 2. The maximum absolute atomic E-state index is 12.1. The maximum Gasteiger partial charge on any atom is 0.306 e. The zero-order valence-electron chi connectivity index (χ0n) is 14.2. The summed E-state index contributed by atoms with van der Waals surface area (Å²) in [6, 6.07) is 5.68. The molecular weight excluding hydrogens is 310 g/mol. The van der Waals surface area contributed by atoms with Crippen molar-refractivity contribution in [3.63, 3.8) is 0 Å². The molecule has 132 valence electrons. The lowest BCUT2D eigenvalue weighted by Gasteiger charge is -2.26. The first-order valence-corrected chi connectivity index (χ1v) is 8.26. The molecule has 6 nitrogen and oxygen atoms in total. The molecule has 0 radical (unpaired) electrons. The van der Waals surface area contributed by atoms with Crippen molar-refractivity contribution in [2.24, 2.45) is 5.92 Å². The van der Waals surface area contributed by atoms with E-state index in [0.717, 1.165) is 18.4 Å². The van der Waals surface area contributed by atoms with Crippen molar-refractivity contribution >= 4 is 11.9 Å². The van der Waals surface area contributed by atoms with Gasteiger partial charge in [0.25, 0.3) is 0 Å². The number of hydrogen-bond donors (Lipinski definition) is 2. The molecule has 1 aliphatic carbocycles. The van der Waals surface area contributed by atoms with Crippen LogP contribution in [0.3, 0.4) is 0 Å². The summed E-state index contributed by atoms with van der Waals surface area (Å²) in [5.41, 5.74) is 0.982. The molecule has 1 aliphatic rings. The quantitative estimate of drug-likeness (QED) is 0.799. The first-order valence-electron chi connectivity index (χ1n) is 8.26. The van der Waals surface area contributed by atoms with E-state index in [0.29, 0.717) is 37.2 Å². The number of carboxylic acid groups (broad SMARTS) is 1. The Kier molecular flexibility index (Phi) is 6.46. The van der Waals surface area contributed by atoms with E-state index in [1.165, 1.54) is 0 Å². The summed E-state index contributed by atoms with van der Waals surface area (Å²) in [6.45, 7) is 0. The van der Waals surface area contributed by atoms with Gasteiger partial charge in [-0.05, 0) is 49.8 Å². The minimum absolute atomic E-state index is 0.00411. The summed E-state index contributed by atoms with van der Waals surface area (Å²) >= 11 is 0.